The van der Waals surface area contributed by atoms with Gasteiger partial charge in [-0.1, -0.05) is 26.0 Å². The lowest BCUT2D eigenvalue weighted by Crippen LogP contribution is -1.95. The van der Waals surface area contributed by atoms with Gasteiger partial charge in [-0.3, -0.25) is 0 Å². The number of aromatic nitrogens is 5. The molecule has 0 unspecified atom stereocenters. The molecule has 5 nitrogen and oxygen atoms in total. The molecule has 0 amide bonds. The third kappa shape index (κ3) is 3.01. The number of hydrogen-bond donors (Lipinski definition) is 0. The minimum atomic E-state index is 0.703. The van der Waals surface area contributed by atoms with Crippen molar-refractivity contribution in [1.29, 1.82) is 0 Å². The van der Waals surface area contributed by atoms with Gasteiger partial charge in [-0.2, -0.15) is 5.10 Å². The van der Waals surface area contributed by atoms with Crippen molar-refractivity contribution in [3.05, 3.63) is 55.4 Å². The smallest absolute Gasteiger partial charge is 0.159 e. The van der Waals surface area contributed by atoms with Gasteiger partial charge in [0.1, 0.15) is 12.7 Å². The summed E-state index contributed by atoms with van der Waals surface area (Å²) < 4.78 is 1.70. The van der Waals surface area contributed by atoms with E-state index in [0.717, 1.165) is 11.3 Å². The summed E-state index contributed by atoms with van der Waals surface area (Å²) in [7, 11) is 0. The van der Waals surface area contributed by atoms with Crippen molar-refractivity contribution in [2.24, 2.45) is 0 Å². The van der Waals surface area contributed by atoms with E-state index in [1.54, 1.807) is 29.5 Å². The van der Waals surface area contributed by atoms with Crippen LogP contribution in [0.5, 0.6) is 0 Å². The Balaban J connectivity index is 0.000000637. The Bertz CT molecular complexity index is 605. The molecule has 1 aromatic carbocycles. The Morgan fingerprint density at radius 2 is 1.79 bits per heavy atom. The van der Waals surface area contributed by atoms with Crippen LogP contribution in [0.1, 0.15) is 13.8 Å². The van der Waals surface area contributed by atoms with E-state index >= 15 is 0 Å². The summed E-state index contributed by atoms with van der Waals surface area (Å²) in [4.78, 5) is 12.4. The second-order valence-electron chi connectivity index (χ2n) is 3.46. The molecule has 96 valence electrons. The Hall–Kier alpha value is -2.56. The number of nitrogens with zero attached hydrogens (tertiary/aromatic N) is 5. The summed E-state index contributed by atoms with van der Waals surface area (Å²) in [6, 6.07) is 9.65. The highest BCUT2D eigenvalue weighted by Gasteiger charge is 2.02. The van der Waals surface area contributed by atoms with E-state index in [1.807, 2.05) is 38.1 Å². The Kier molecular flexibility index (Phi) is 4.34. The lowest BCUT2D eigenvalue weighted by atomic mass is 10.2. The predicted octanol–water partition coefficient (Wildman–Crippen LogP) is 2.75. The molecule has 0 saturated carbocycles. The van der Waals surface area contributed by atoms with Gasteiger partial charge in [-0.05, 0) is 18.2 Å². The lowest BCUT2D eigenvalue weighted by Gasteiger charge is -2.03. The van der Waals surface area contributed by atoms with Crippen LogP contribution < -0.4 is 0 Å². The average Bonchev–Trinajstić information content (AvgIpc) is 3.05. The standard InChI is InChI=1S/C12H9N5.C2H6/c1-3-10(12-14-5-2-6-15-12)7-11(4-1)17-9-13-8-16-17;1-2/h1-9H;1-2H3. The molecule has 5 heteroatoms. The van der Waals surface area contributed by atoms with Crippen LogP contribution in [0.2, 0.25) is 0 Å². The first-order chi connectivity index (χ1) is 9.43. The fourth-order valence-corrected chi connectivity index (χ4v) is 1.58. The minimum Gasteiger partial charge on any atom is -0.237 e. The van der Waals surface area contributed by atoms with Gasteiger partial charge >= 0.3 is 0 Å². The van der Waals surface area contributed by atoms with Crippen molar-refractivity contribution in [2.45, 2.75) is 13.8 Å². The largest absolute Gasteiger partial charge is 0.237 e. The first-order valence-corrected chi connectivity index (χ1v) is 6.16. The molecule has 0 fully saturated rings. The van der Waals surface area contributed by atoms with E-state index < -0.39 is 0 Å². The van der Waals surface area contributed by atoms with E-state index in [9.17, 15) is 0 Å². The maximum absolute atomic E-state index is 4.22. The number of rotatable bonds is 2. The highest BCUT2D eigenvalue weighted by atomic mass is 15.3. The Morgan fingerprint density at radius 1 is 1.00 bits per heavy atom. The molecule has 0 saturated heterocycles. The number of hydrogen-bond acceptors (Lipinski definition) is 4. The zero-order chi connectivity index (χ0) is 13.5. The first kappa shape index (κ1) is 12.9. The van der Waals surface area contributed by atoms with Gasteiger partial charge in [-0.25, -0.2) is 19.6 Å². The van der Waals surface area contributed by atoms with E-state index in [1.165, 1.54) is 6.33 Å². The topological polar surface area (TPSA) is 56.5 Å². The predicted molar refractivity (Wildman–Crippen MR) is 73.7 cm³/mol. The van der Waals surface area contributed by atoms with Gasteiger partial charge in [0, 0.05) is 18.0 Å². The lowest BCUT2D eigenvalue weighted by molar-refractivity contribution is 0.879. The van der Waals surface area contributed by atoms with E-state index in [-0.39, 0.29) is 0 Å². The van der Waals surface area contributed by atoms with Gasteiger partial charge < -0.3 is 0 Å². The van der Waals surface area contributed by atoms with E-state index in [0.29, 0.717) is 5.82 Å². The van der Waals surface area contributed by atoms with Crippen molar-refractivity contribution in [3.8, 4) is 17.1 Å². The maximum Gasteiger partial charge on any atom is 0.159 e. The van der Waals surface area contributed by atoms with Gasteiger partial charge in [-0.15, -0.1) is 0 Å². The van der Waals surface area contributed by atoms with Crippen molar-refractivity contribution in [1.82, 2.24) is 24.7 Å². The number of benzene rings is 1. The van der Waals surface area contributed by atoms with Gasteiger partial charge in [0.25, 0.3) is 0 Å². The van der Waals surface area contributed by atoms with Gasteiger partial charge in [0.2, 0.25) is 0 Å². The SMILES string of the molecule is CC.c1cnc(-c2cccc(-n3cncn3)c2)nc1. The molecule has 0 aliphatic rings. The van der Waals surface area contributed by atoms with Crippen LogP contribution in [0.15, 0.2) is 55.4 Å². The molecule has 0 atom stereocenters. The van der Waals surface area contributed by atoms with Crippen LogP contribution >= 0.6 is 0 Å². The third-order valence-corrected chi connectivity index (χ3v) is 2.35. The molecule has 3 rings (SSSR count). The van der Waals surface area contributed by atoms with Crippen molar-refractivity contribution >= 4 is 0 Å². The molecule has 0 aliphatic heterocycles. The quantitative estimate of drug-likeness (QED) is 0.704. The average molecular weight is 253 g/mol. The monoisotopic (exact) mass is 253 g/mol. The van der Waals surface area contributed by atoms with Crippen molar-refractivity contribution in [2.75, 3.05) is 0 Å². The van der Waals surface area contributed by atoms with Crippen molar-refractivity contribution in [3.63, 3.8) is 0 Å². The normalized spacial score (nSPS) is 9.58. The second kappa shape index (κ2) is 6.39. The summed E-state index contributed by atoms with van der Waals surface area (Å²) in [5.74, 6) is 0.703. The summed E-state index contributed by atoms with van der Waals surface area (Å²) >= 11 is 0. The maximum atomic E-state index is 4.22. The summed E-state index contributed by atoms with van der Waals surface area (Å²) in [6.45, 7) is 4.00. The molecule has 0 bridgehead atoms. The third-order valence-electron chi connectivity index (χ3n) is 2.35. The molecule has 3 aromatic rings. The fraction of sp³-hybridized carbons (Fsp3) is 0.143. The zero-order valence-electron chi connectivity index (χ0n) is 10.9. The highest BCUT2D eigenvalue weighted by Crippen LogP contribution is 2.17. The summed E-state index contributed by atoms with van der Waals surface area (Å²) in [6.07, 6.45) is 6.62. The molecular weight excluding hydrogens is 238 g/mol. The molecule has 2 heterocycles. The van der Waals surface area contributed by atoms with Crippen LogP contribution in [0.25, 0.3) is 17.1 Å². The molecule has 0 N–H and O–H groups in total. The van der Waals surface area contributed by atoms with Crippen molar-refractivity contribution < 1.29 is 0 Å². The van der Waals surface area contributed by atoms with Crippen LogP contribution in [0, 0.1) is 0 Å². The fourth-order valence-electron chi connectivity index (χ4n) is 1.58. The van der Waals surface area contributed by atoms with Crippen LogP contribution in [0.4, 0.5) is 0 Å². The summed E-state index contributed by atoms with van der Waals surface area (Å²) in [5, 5.41) is 4.09. The van der Waals surface area contributed by atoms with E-state index in [2.05, 4.69) is 20.1 Å². The molecule has 19 heavy (non-hydrogen) atoms. The molecule has 0 radical (unpaired) electrons. The second-order valence-corrected chi connectivity index (χ2v) is 3.46. The van der Waals surface area contributed by atoms with Gasteiger partial charge in [0.15, 0.2) is 5.82 Å². The molecule has 0 spiro atoms. The van der Waals surface area contributed by atoms with E-state index in [4.69, 9.17) is 0 Å². The zero-order valence-corrected chi connectivity index (χ0v) is 10.9. The van der Waals surface area contributed by atoms with Crippen LogP contribution in [-0.4, -0.2) is 24.7 Å². The molecular formula is C14H15N5. The minimum absolute atomic E-state index is 0.703. The Morgan fingerprint density at radius 3 is 2.47 bits per heavy atom. The first-order valence-electron chi connectivity index (χ1n) is 6.16. The summed E-state index contributed by atoms with van der Waals surface area (Å²) in [5.41, 5.74) is 1.89. The molecule has 0 aliphatic carbocycles. The van der Waals surface area contributed by atoms with Crippen LogP contribution in [-0.2, 0) is 0 Å². The van der Waals surface area contributed by atoms with Gasteiger partial charge in [0.05, 0.1) is 5.69 Å². The Labute approximate surface area is 112 Å². The highest BCUT2D eigenvalue weighted by molar-refractivity contribution is 5.58. The molecule has 2 aromatic heterocycles. The van der Waals surface area contributed by atoms with Crippen LogP contribution in [0.3, 0.4) is 0 Å².